The lowest BCUT2D eigenvalue weighted by molar-refractivity contribution is 0.317. The van der Waals surface area contributed by atoms with Gasteiger partial charge < -0.3 is 20.1 Å². The second kappa shape index (κ2) is 9.82. The van der Waals surface area contributed by atoms with E-state index in [9.17, 15) is 9.90 Å². The van der Waals surface area contributed by atoms with Crippen molar-refractivity contribution in [3.05, 3.63) is 45.7 Å². The summed E-state index contributed by atoms with van der Waals surface area (Å²) in [5.74, 6) is 0.845. The SMILES string of the molecule is CCCOc1ccc(Cc2c(O)nc(NCCCN(C)C)[nH]c2=O)cc1. The summed E-state index contributed by atoms with van der Waals surface area (Å²) in [6.45, 7) is 4.32. The lowest BCUT2D eigenvalue weighted by atomic mass is 10.1. The number of aromatic hydroxyl groups is 1. The van der Waals surface area contributed by atoms with Crippen molar-refractivity contribution >= 4 is 5.95 Å². The van der Waals surface area contributed by atoms with Crippen molar-refractivity contribution in [1.29, 1.82) is 0 Å². The van der Waals surface area contributed by atoms with Gasteiger partial charge in [-0.05, 0) is 51.2 Å². The summed E-state index contributed by atoms with van der Waals surface area (Å²) < 4.78 is 5.54. The molecule has 0 spiro atoms. The molecule has 1 aromatic carbocycles. The average molecular weight is 360 g/mol. The number of aromatic nitrogens is 2. The van der Waals surface area contributed by atoms with Crippen molar-refractivity contribution < 1.29 is 9.84 Å². The molecule has 0 atom stereocenters. The lowest BCUT2D eigenvalue weighted by Crippen LogP contribution is -2.20. The number of nitrogens with one attached hydrogen (secondary N) is 2. The van der Waals surface area contributed by atoms with Gasteiger partial charge in [0, 0.05) is 13.0 Å². The number of benzene rings is 1. The van der Waals surface area contributed by atoms with Crippen LogP contribution in [-0.4, -0.2) is 53.8 Å². The van der Waals surface area contributed by atoms with Crippen molar-refractivity contribution in [2.24, 2.45) is 0 Å². The van der Waals surface area contributed by atoms with E-state index in [1.165, 1.54) is 0 Å². The molecule has 1 heterocycles. The van der Waals surface area contributed by atoms with Crippen LogP contribution in [0.5, 0.6) is 11.6 Å². The maximum Gasteiger partial charge on any atom is 0.259 e. The van der Waals surface area contributed by atoms with Gasteiger partial charge in [0.1, 0.15) is 5.75 Å². The number of ether oxygens (including phenoxy) is 1. The van der Waals surface area contributed by atoms with E-state index >= 15 is 0 Å². The summed E-state index contributed by atoms with van der Waals surface area (Å²) in [5, 5.41) is 13.2. The third-order valence-corrected chi connectivity index (χ3v) is 3.85. The third-order valence-electron chi connectivity index (χ3n) is 3.85. The van der Waals surface area contributed by atoms with Crippen molar-refractivity contribution in [3.8, 4) is 11.6 Å². The van der Waals surface area contributed by atoms with E-state index < -0.39 is 0 Å². The van der Waals surface area contributed by atoms with Gasteiger partial charge in [-0.2, -0.15) is 4.98 Å². The average Bonchev–Trinajstić information content (AvgIpc) is 2.61. The minimum Gasteiger partial charge on any atom is -0.494 e. The number of H-pyrrole nitrogens is 1. The van der Waals surface area contributed by atoms with E-state index in [-0.39, 0.29) is 17.0 Å². The van der Waals surface area contributed by atoms with Gasteiger partial charge in [-0.3, -0.25) is 9.78 Å². The van der Waals surface area contributed by atoms with Crippen LogP contribution in [0.2, 0.25) is 0 Å². The Morgan fingerprint density at radius 3 is 2.62 bits per heavy atom. The standard InChI is InChI=1S/C19H28N4O3/c1-4-12-26-15-8-6-14(7-9-15)13-16-17(24)21-19(22-18(16)25)20-10-5-11-23(2)3/h6-9H,4-5,10-13H2,1-3H3,(H3,20,21,22,24,25). The molecule has 0 amide bonds. The number of rotatable bonds is 10. The molecule has 7 nitrogen and oxygen atoms in total. The van der Waals surface area contributed by atoms with Crippen LogP contribution in [0.15, 0.2) is 29.1 Å². The molecule has 0 aliphatic heterocycles. The Morgan fingerprint density at radius 2 is 2.00 bits per heavy atom. The van der Waals surface area contributed by atoms with Gasteiger partial charge in [0.2, 0.25) is 11.8 Å². The molecule has 2 aromatic rings. The zero-order valence-corrected chi connectivity index (χ0v) is 15.7. The van der Waals surface area contributed by atoms with E-state index in [1.807, 2.05) is 38.4 Å². The molecule has 7 heteroatoms. The number of hydrogen-bond donors (Lipinski definition) is 3. The van der Waals surface area contributed by atoms with Crippen molar-refractivity contribution in [1.82, 2.24) is 14.9 Å². The third kappa shape index (κ3) is 6.07. The van der Waals surface area contributed by atoms with Gasteiger partial charge in [0.15, 0.2) is 0 Å². The first-order chi connectivity index (χ1) is 12.5. The van der Waals surface area contributed by atoms with Crippen LogP contribution in [0.1, 0.15) is 30.9 Å². The first-order valence-corrected chi connectivity index (χ1v) is 8.92. The molecule has 3 N–H and O–H groups in total. The highest BCUT2D eigenvalue weighted by atomic mass is 16.5. The summed E-state index contributed by atoms with van der Waals surface area (Å²) in [6.07, 6.45) is 2.17. The molecule has 26 heavy (non-hydrogen) atoms. The molecule has 0 aliphatic rings. The molecular formula is C19H28N4O3. The van der Waals surface area contributed by atoms with Gasteiger partial charge >= 0.3 is 0 Å². The Kier molecular flexibility index (Phi) is 7.47. The fourth-order valence-corrected chi connectivity index (χ4v) is 2.46. The monoisotopic (exact) mass is 360 g/mol. The fourth-order valence-electron chi connectivity index (χ4n) is 2.46. The van der Waals surface area contributed by atoms with Crippen LogP contribution in [0, 0.1) is 0 Å². The number of hydrogen-bond acceptors (Lipinski definition) is 6. The minimum atomic E-state index is -0.334. The Balaban J connectivity index is 2.00. The maximum atomic E-state index is 12.3. The second-order valence-corrected chi connectivity index (χ2v) is 6.47. The first-order valence-electron chi connectivity index (χ1n) is 8.92. The van der Waals surface area contributed by atoms with Gasteiger partial charge in [0.05, 0.1) is 12.2 Å². The van der Waals surface area contributed by atoms with Gasteiger partial charge in [-0.25, -0.2) is 0 Å². The fraction of sp³-hybridized carbons (Fsp3) is 0.474. The smallest absolute Gasteiger partial charge is 0.259 e. The Morgan fingerprint density at radius 1 is 1.27 bits per heavy atom. The summed E-state index contributed by atoms with van der Waals surface area (Å²) in [7, 11) is 4.01. The van der Waals surface area contributed by atoms with E-state index in [2.05, 4.69) is 27.1 Å². The highest BCUT2D eigenvalue weighted by Gasteiger charge is 2.11. The number of aromatic amines is 1. The zero-order chi connectivity index (χ0) is 18.9. The molecular weight excluding hydrogens is 332 g/mol. The normalized spacial score (nSPS) is 10.9. The summed E-state index contributed by atoms with van der Waals surface area (Å²) in [6, 6.07) is 7.50. The van der Waals surface area contributed by atoms with Gasteiger partial charge in [0.25, 0.3) is 5.56 Å². The van der Waals surface area contributed by atoms with Crippen LogP contribution in [0.25, 0.3) is 0 Å². The predicted octanol–water partition coefficient (Wildman–Crippen LogP) is 2.22. The molecule has 2 rings (SSSR count). The van der Waals surface area contributed by atoms with Gasteiger partial charge in [-0.15, -0.1) is 0 Å². The molecule has 0 unspecified atom stereocenters. The van der Waals surface area contributed by atoms with Crippen LogP contribution >= 0.6 is 0 Å². The van der Waals surface area contributed by atoms with Crippen molar-refractivity contribution in [2.75, 3.05) is 39.1 Å². The summed E-state index contributed by atoms with van der Waals surface area (Å²) in [5.41, 5.74) is 0.827. The molecule has 0 aliphatic carbocycles. The van der Waals surface area contributed by atoms with E-state index in [1.54, 1.807) is 0 Å². The largest absolute Gasteiger partial charge is 0.494 e. The van der Waals surface area contributed by atoms with Gasteiger partial charge in [-0.1, -0.05) is 19.1 Å². The first kappa shape index (κ1) is 19.8. The summed E-state index contributed by atoms with van der Waals surface area (Å²) in [4.78, 5) is 21.1. The second-order valence-electron chi connectivity index (χ2n) is 6.47. The predicted molar refractivity (Wildman–Crippen MR) is 103 cm³/mol. The van der Waals surface area contributed by atoms with E-state index in [0.717, 1.165) is 30.7 Å². The highest BCUT2D eigenvalue weighted by Crippen LogP contribution is 2.18. The van der Waals surface area contributed by atoms with Crippen LogP contribution in [0.3, 0.4) is 0 Å². The van der Waals surface area contributed by atoms with Crippen molar-refractivity contribution in [3.63, 3.8) is 0 Å². The summed E-state index contributed by atoms with van der Waals surface area (Å²) >= 11 is 0. The molecule has 0 saturated carbocycles. The van der Waals surface area contributed by atoms with Crippen LogP contribution in [-0.2, 0) is 6.42 Å². The molecule has 0 radical (unpaired) electrons. The molecule has 1 aromatic heterocycles. The molecule has 0 bridgehead atoms. The highest BCUT2D eigenvalue weighted by molar-refractivity contribution is 5.37. The lowest BCUT2D eigenvalue weighted by Gasteiger charge is -2.11. The Hall–Kier alpha value is -2.54. The molecule has 0 fully saturated rings. The number of nitrogens with zero attached hydrogens (tertiary/aromatic N) is 2. The zero-order valence-electron chi connectivity index (χ0n) is 15.7. The van der Waals surface area contributed by atoms with E-state index in [4.69, 9.17) is 4.74 Å². The maximum absolute atomic E-state index is 12.3. The van der Waals surface area contributed by atoms with E-state index in [0.29, 0.717) is 25.5 Å². The number of anilines is 1. The van der Waals surface area contributed by atoms with Crippen LogP contribution < -0.4 is 15.6 Å². The Bertz CT molecular complexity index is 741. The minimum absolute atomic E-state index is 0.241. The molecule has 0 saturated heterocycles. The molecule has 142 valence electrons. The Labute approximate surface area is 154 Å². The topological polar surface area (TPSA) is 90.5 Å². The quantitative estimate of drug-likeness (QED) is 0.563. The van der Waals surface area contributed by atoms with Crippen LogP contribution in [0.4, 0.5) is 5.95 Å². The van der Waals surface area contributed by atoms with Crippen molar-refractivity contribution in [2.45, 2.75) is 26.2 Å².